The van der Waals surface area contributed by atoms with Gasteiger partial charge in [-0.05, 0) is 5.56 Å². The zero-order valence-corrected chi connectivity index (χ0v) is 10.3. The molecule has 1 aromatic rings. The lowest BCUT2D eigenvalue weighted by Gasteiger charge is -1.94. The van der Waals surface area contributed by atoms with E-state index >= 15 is 0 Å². The number of nitrogens with one attached hydrogen (secondary N) is 1. The van der Waals surface area contributed by atoms with Crippen LogP contribution in [-0.2, 0) is 5.33 Å². The molecule has 86 valence electrons. The Morgan fingerprint density at radius 1 is 1.00 bits per heavy atom. The van der Waals surface area contributed by atoms with Crippen molar-refractivity contribution in [3.05, 3.63) is 35.9 Å². The van der Waals surface area contributed by atoms with E-state index in [-0.39, 0.29) is 13.2 Å². The molecular weight excluding hydrogens is 258 g/mol. The fraction of sp³-hybridized carbons (Fsp3) is 0.455. The molecule has 0 unspecified atom stereocenters. The van der Waals surface area contributed by atoms with E-state index in [1.54, 1.807) is 0 Å². The number of alkyl halides is 1. The van der Waals surface area contributed by atoms with Crippen molar-refractivity contribution < 1.29 is 10.2 Å². The normalized spacial score (nSPS) is 9.27. The Hall–Kier alpha value is -0.420. The number of hydrogen-bond acceptors (Lipinski definition) is 3. The molecule has 1 aromatic carbocycles. The lowest BCUT2D eigenvalue weighted by atomic mass is 10.2. The van der Waals surface area contributed by atoms with E-state index in [4.69, 9.17) is 10.2 Å². The fourth-order valence-corrected chi connectivity index (χ4v) is 1.22. The van der Waals surface area contributed by atoms with E-state index < -0.39 is 0 Å². The molecule has 0 atom stereocenters. The van der Waals surface area contributed by atoms with Crippen LogP contribution in [0.15, 0.2) is 30.3 Å². The Labute approximate surface area is 99.3 Å². The number of aliphatic hydroxyl groups is 2. The molecule has 0 amide bonds. The van der Waals surface area contributed by atoms with Crippen molar-refractivity contribution >= 4 is 15.9 Å². The smallest absolute Gasteiger partial charge is 0.0555 e. The molecule has 0 saturated carbocycles. The zero-order valence-electron chi connectivity index (χ0n) is 8.69. The van der Waals surface area contributed by atoms with E-state index in [0.29, 0.717) is 13.1 Å². The van der Waals surface area contributed by atoms with Crippen molar-refractivity contribution in [3.8, 4) is 0 Å². The van der Waals surface area contributed by atoms with Gasteiger partial charge in [0.05, 0.1) is 13.2 Å². The summed E-state index contributed by atoms with van der Waals surface area (Å²) in [5.74, 6) is 0. The van der Waals surface area contributed by atoms with Crippen molar-refractivity contribution in [1.82, 2.24) is 5.32 Å². The van der Waals surface area contributed by atoms with Gasteiger partial charge in [0.15, 0.2) is 0 Å². The molecule has 4 heteroatoms. The Balaban J connectivity index is 0.000000265. The molecule has 0 aliphatic carbocycles. The highest BCUT2D eigenvalue weighted by atomic mass is 79.9. The fourth-order valence-electron chi connectivity index (χ4n) is 0.850. The largest absolute Gasteiger partial charge is 0.395 e. The van der Waals surface area contributed by atoms with Crippen molar-refractivity contribution in [2.24, 2.45) is 0 Å². The highest BCUT2D eigenvalue weighted by Gasteiger charge is 1.81. The molecule has 0 aliphatic rings. The third kappa shape index (κ3) is 9.87. The molecule has 0 aromatic heterocycles. The minimum Gasteiger partial charge on any atom is -0.395 e. The van der Waals surface area contributed by atoms with Crippen LogP contribution in [0.25, 0.3) is 0 Å². The van der Waals surface area contributed by atoms with E-state index in [0.717, 1.165) is 5.33 Å². The van der Waals surface area contributed by atoms with Crippen LogP contribution in [0.1, 0.15) is 5.56 Å². The summed E-state index contributed by atoms with van der Waals surface area (Å²) in [6.07, 6.45) is 0. The first-order chi connectivity index (χ1) is 7.35. The average Bonchev–Trinajstić information content (AvgIpc) is 2.32. The van der Waals surface area contributed by atoms with Crippen molar-refractivity contribution in [1.29, 1.82) is 0 Å². The Kier molecular flexibility index (Phi) is 11.3. The lowest BCUT2D eigenvalue weighted by Crippen LogP contribution is -2.21. The van der Waals surface area contributed by atoms with E-state index in [1.807, 2.05) is 18.2 Å². The minimum atomic E-state index is 0.139. The van der Waals surface area contributed by atoms with Gasteiger partial charge in [-0.2, -0.15) is 0 Å². The van der Waals surface area contributed by atoms with Crippen LogP contribution >= 0.6 is 15.9 Å². The number of halogens is 1. The third-order valence-electron chi connectivity index (χ3n) is 1.57. The van der Waals surface area contributed by atoms with Gasteiger partial charge in [0.2, 0.25) is 0 Å². The molecule has 0 radical (unpaired) electrons. The molecular formula is C11H18BrNO2. The Bertz CT molecular complexity index is 215. The predicted molar refractivity (Wildman–Crippen MR) is 66.1 cm³/mol. The van der Waals surface area contributed by atoms with Crippen LogP contribution < -0.4 is 5.32 Å². The van der Waals surface area contributed by atoms with Crippen molar-refractivity contribution in [2.45, 2.75) is 5.33 Å². The summed E-state index contributed by atoms with van der Waals surface area (Å²) >= 11 is 3.36. The monoisotopic (exact) mass is 275 g/mol. The van der Waals surface area contributed by atoms with Crippen LogP contribution in [0.4, 0.5) is 0 Å². The first-order valence-electron chi connectivity index (χ1n) is 4.87. The van der Waals surface area contributed by atoms with Gasteiger partial charge in [-0.3, -0.25) is 0 Å². The van der Waals surface area contributed by atoms with Gasteiger partial charge in [0.25, 0.3) is 0 Å². The maximum atomic E-state index is 8.15. The highest BCUT2D eigenvalue weighted by Crippen LogP contribution is 2.02. The number of rotatable bonds is 5. The summed E-state index contributed by atoms with van der Waals surface area (Å²) in [7, 11) is 0. The minimum absolute atomic E-state index is 0.139. The second-order valence-electron chi connectivity index (χ2n) is 2.82. The molecule has 3 nitrogen and oxygen atoms in total. The first kappa shape index (κ1) is 14.6. The summed E-state index contributed by atoms with van der Waals surface area (Å²) in [4.78, 5) is 0. The summed E-state index contributed by atoms with van der Waals surface area (Å²) in [6.45, 7) is 1.42. The van der Waals surface area contributed by atoms with Crippen molar-refractivity contribution in [2.75, 3.05) is 26.3 Å². The quantitative estimate of drug-likeness (QED) is 0.558. The van der Waals surface area contributed by atoms with Crippen LogP contribution in [0.5, 0.6) is 0 Å². The van der Waals surface area contributed by atoms with E-state index in [9.17, 15) is 0 Å². The summed E-state index contributed by atoms with van der Waals surface area (Å²) in [5.41, 5.74) is 1.33. The molecule has 0 heterocycles. The first-order valence-corrected chi connectivity index (χ1v) is 5.99. The number of aliphatic hydroxyl groups excluding tert-OH is 2. The second-order valence-corrected chi connectivity index (χ2v) is 3.38. The van der Waals surface area contributed by atoms with Crippen molar-refractivity contribution in [3.63, 3.8) is 0 Å². The van der Waals surface area contributed by atoms with Crippen LogP contribution in [0.2, 0.25) is 0 Å². The molecule has 0 spiro atoms. The SMILES string of the molecule is BrCc1ccccc1.OCCNCCO. The Morgan fingerprint density at radius 2 is 1.53 bits per heavy atom. The number of hydrogen-bond donors (Lipinski definition) is 3. The zero-order chi connectivity index (χ0) is 11.4. The summed E-state index contributed by atoms with van der Waals surface area (Å²) in [6, 6.07) is 10.3. The van der Waals surface area contributed by atoms with Gasteiger partial charge in [0, 0.05) is 18.4 Å². The second kappa shape index (κ2) is 11.7. The molecule has 15 heavy (non-hydrogen) atoms. The summed E-state index contributed by atoms with van der Waals surface area (Å²) in [5, 5.41) is 20.0. The van der Waals surface area contributed by atoms with Crippen LogP contribution in [0, 0.1) is 0 Å². The molecule has 0 fully saturated rings. The van der Waals surface area contributed by atoms with E-state index in [1.165, 1.54) is 5.56 Å². The topological polar surface area (TPSA) is 52.5 Å². The summed E-state index contributed by atoms with van der Waals surface area (Å²) < 4.78 is 0. The molecule has 0 bridgehead atoms. The highest BCUT2D eigenvalue weighted by molar-refractivity contribution is 9.08. The van der Waals surface area contributed by atoms with Crippen LogP contribution in [0.3, 0.4) is 0 Å². The van der Waals surface area contributed by atoms with Gasteiger partial charge in [-0.15, -0.1) is 0 Å². The maximum absolute atomic E-state index is 8.15. The molecule has 0 saturated heterocycles. The molecule has 0 aliphatic heterocycles. The maximum Gasteiger partial charge on any atom is 0.0555 e. The van der Waals surface area contributed by atoms with Gasteiger partial charge in [-0.25, -0.2) is 0 Å². The molecule has 3 N–H and O–H groups in total. The van der Waals surface area contributed by atoms with Crippen LogP contribution in [-0.4, -0.2) is 36.5 Å². The Morgan fingerprint density at radius 3 is 1.87 bits per heavy atom. The number of benzene rings is 1. The van der Waals surface area contributed by atoms with Gasteiger partial charge < -0.3 is 15.5 Å². The molecule has 1 rings (SSSR count). The van der Waals surface area contributed by atoms with Gasteiger partial charge in [0.1, 0.15) is 0 Å². The lowest BCUT2D eigenvalue weighted by molar-refractivity contribution is 0.267. The predicted octanol–water partition coefficient (Wildman–Crippen LogP) is 1.14. The standard InChI is InChI=1S/C7H7Br.C4H11NO2/c8-6-7-4-2-1-3-5-7;6-3-1-5-2-4-7/h1-5H,6H2;5-7H,1-4H2. The average molecular weight is 276 g/mol. The van der Waals surface area contributed by atoms with Gasteiger partial charge >= 0.3 is 0 Å². The third-order valence-corrected chi connectivity index (χ3v) is 2.22. The van der Waals surface area contributed by atoms with E-state index in [2.05, 4.69) is 33.4 Å². The van der Waals surface area contributed by atoms with Gasteiger partial charge in [-0.1, -0.05) is 46.3 Å².